The van der Waals surface area contributed by atoms with Crippen molar-refractivity contribution in [1.82, 2.24) is 0 Å². The van der Waals surface area contributed by atoms with Crippen molar-refractivity contribution in [3.8, 4) is 0 Å². The van der Waals surface area contributed by atoms with E-state index >= 15 is 0 Å². The fourth-order valence-electron chi connectivity index (χ4n) is 0.343. The SMILES string of the molecule is CC/C=C\C=C(/C)S. The molecular formula is C7H12S. The van der Waals surface area contributed by atoms with Crippen molar-refractivity contribution >= 4 is 12.6 Å². The summed E-state index contributed by atoms with van der Waals surface area (Å²) >= 11 is 4.08. The quantitative estimate of drug-likeness (QED) is 0.429. The normalized spacial score (nSPS) is 13.1. The van der Waals surface area contributed by atoms with Gasteiger partial charge in [0.2, 0.25) is 0 Å². The molecule has 0 bridgehead atoms. The van der Waals surface area contributed by atoms with Gasteiger partial charge in [-0.05, 0) is 18.2 Å². The maximum absolute atomic E-state index is 4.08. The zero-order valence-electron chi connectivity index (χ0n) is 5.39. The Kier molecular flexibility index (Phi) is 4.87. The third-order valence-electron chi connectivity index (χ3n) is 0.709. The van der Waals surface area contributed by atoms with Crippen LogP contribution in [0.5, 0.6) is 0 Å². The molecule has 0 N–H and O–H groups in total. The molecule has 0 unspecified atom stereocenters. The highest BCUT2D eigenvalue weighted by atomic mass is 32.1. The molecular weight excluding hydrogens is 116 g/mol. The molecule has 0 fully saturated rings. The number of hydrogen-bond donors (Lipinski definition) is 1. The van der Waals surface area contributed by atoms with E-state index in [1.54, 1.807) is 0 Å². The molecule has 0 rings (SSSR count). The minimum absolute atomic E-state index is 1.05. The molecule has 46 valence electrons. The van der Waals surface area contributed by atoms with Crippen molar-refractivity contribution < 1.29 is 0 Å². The first-order valence-electron chi connectivity index (χ1n) is 2.79. The van der Waals surface area contributed by atoms with Crippen LogP contribution in [0.2, 0.25) is 0 Å². The number of allylic oxidation sites excluding steroid dienone is 4. The van der Waals surface area contributed by atoms with Crippen molar-refractivity contribution in [2.24, 2.45) is 0 Å². The molecule has 0 spiro atoms. The Morgan fingerprint density at radius 2 is 2.25 bits per heavy atom. The van der Waals surface area contributed by atoms with E-state index in [1.165, 1.54) is 0 Å². The third kappa shape index (κ3) is 5.83. The van der Waals surface area contributed by atoms with Gasteiger partial charge in [0.15, 0.2) is 0 Å². The van der Waals surface area contributed by atoms with Gasteiger partial charge < -0.3 is 0 Å². The Bertz CT molecular complexity index is 97.0. The smallest absolute Gasteiger partial charge is 0.0215 e. The molecule has 0 nitrogen and oxygen atoms in total. The van der Waals surface area contributed by atoms with Crippen LogP contribution < -0.4 is 0 Å². The zero-order chi connectivity index (χ0) is 6.41. The van der Waals surface area contributed by atoms with Crippen LogP contribution in [0.25, 0.3) is 0 Å². The van der Waals surface area contributed by atoms with Crippen molar-refractivity contribution in [1.29, 1.82) is 0 Å². The zero-order valence-corrected chi connectivity index (χ0v) is 6.28. The molecule has 0 aromatic carbocycles. The van der Waals surface area contributed by atoms with Crippen LogP contribution in [0, 0.1) is 0 Å². The third-order valence-corrected chi connectivity index (χ3v) is 0.858. The summed E-state index contributed by atoms with van der Waals surface area (Å²) in [5.41, 5.74) is 0. The Balaban J connectivity index is 3.42. The van der Waals surface area contributed by atoms with E-state index in [4.69, 9.17) is 0 Å². The topological polar surface area (TPSA) is 0 Å². The van der Waals surface area contributed by atoms with E-state index < -0.39 is 0 Å². The standard InChI is InChI=1S/C7H12S/c1-3-4-5-6-7(2)8/h4-6,8H,3H2,1-2H3/b5-4-,7-6+. The van der Waals surface area contributed by atoms with Crippen LogP contribution >= 0.6 is 12.6 Å². The second-order valence-electron chi connectivity index (χ2n) is 1.64. The van der Waals surface area contributed by atoms with Gasteiger partial charge in [0, 0.05) is 0 Å². The summed E-state index contributed by atoms with van der Waals surface area (Å²) < 4.78 is 0. The second kappa shape index (κ2) is 4.98. The van der Waals surface area contributed by atoms with E-state index in [-0.39, 0.29) is 0 Å². The Labute approximate surface area is 56.7 Å². The van der Waals surface area contributed by atoms with Crippen LogP contribution in [-0.2, 0) is 0 Å². The van der Waals surface area contributed by atoms with Gasteiger partial charge in [-0.1, -0.05) is 25.2 Å². The number of thiol groups is 1. The molecule has 0 heterocycles. The molecule has 0 amide bonds. The fraction of sp³-hybridized carbons (Fsp3) is 0.429. The van der Waals surface area contributed by atoms with Crippen LogP contribution in [-0.4, -0.2) is 0 Å². The summed E-state index contributed by atoms with van der Waals surface area (Å²) in [7, 11) is 0. The number of rotatable bonds is 2. The molecule has 0 radical (unpaired) electrons. The largest absolute Gasteiger partial charge is 0.148 e. The second-order valence-corrected chi connectivity index (χ2v) is 2.35. The summed E-state index contributed by atoms with van der Waals surface area (Å²) in [5.74, 6) is 0. The van der Waals surface area contributed by atoms with Crippen LogP contribution in [0.4, 0.5) is 0 Å². The van der Waals surface area contributed by atoms with Crippen molar-refractivity contribution in [3.63, 3.8) is 0 Å². The summed E-state index contributed by atoms with van der Waals surface area (Å²) in [6.45, 7) is 4.07. The maximum Gasteiger partial charge on any atom is -0.0215 e. The number of hydrogen-bond acceptors (Lipinski definition) is 1. The lowest BCUT2D eigenvalue weighted by Crippen LogP contribution is -1.54. The van der Waals surface area contributed by atoms with Crippen molar-refractivity contribution in [2.45, 2.75) is 20.3 Å². The first-order chi connectivity index (χ1) is 3.77. The summed E-state index contributed by atoms with van der Waals surface area (Å²) in [6.07, 6.45) is 7.19. The van der Waals surface area contributed by atoms with Gasteiger partial charge in [-0.25, -0.2) is 0 Å². The van der Waals surface area contributed by atoms with Gasteiger partial charge in [-0.2, -0.15) is 0 Å². The molecule has 1 heteroatoms. The van der Waals surface area contributed by atoms with Gasteiger partial charge in [-0.15, -0.1) is 12.6 Å². The molecule has 0 saturated heterocycles. The van der Waals surface area contributed by atoms with Gasteiger partial charge in [0.25, 0.3) is 0 Å². The Morgan fingerprint density at radius 1 is 1.62 bits per heavy atom. The lowest BCUT2D eigenvalue weighted by molar-refractivity contribution is 1.22. The lowest BCUT2D eigenvalue weighted by atomic mass is 10.4. The average molecular weight is 128 g/mol. The minimum atomic E-state index is 1.05. The van der Waals surface area contributed by atoms with Gasteiger partial charge in [-0.3, -0.25) is 0 Å². The van der Waals surface area contributed by atoms with Crippen molar-refractivity contribution in [3.05, 3.63) is 23.1 Å². The first kappa shape index (κ1) is 7.83. The summed E-state index contributed by atoms with van der Waals surface area (Å²) in [4.78, 5) is 1.05. The van der Waals surface area contributed by atoms with E-state index in [0.717, 1.165) is 11.3 Å². The molecule has 0 aliphatic rings. The minimum Gasteiger partial charge on any atom is -0.148 e. The van der Waals surface area contributed by atoms with Crippen LogP contribution in [0.15, 0.2) is 23.1 Å². The predicted molar refractivity (Wildman–Crippen MR) is 42.2 cm³/mol. The summed E-state index contributed by atoms with van der Waals surface area (Å²) in [6, 6.07) is 0. The van der Waals surface area contributed by atoms with E-state index in [0.29, 0.717) is 0 Å². The van der Waals surface area contributed by atoms with Gasteiger partial charge >= 0.3 is 0 Å². The van der Waals surface area contributed by atoms with Crippen LogP contribution in [0.3, 0.4) is 0 Å². The highest BCUT2D eigenvalue weighted by Gasteiger charge is 1.68. The molecule has 0 aliphatic carbocycles. The van der Waals surface area contributed by atoms with Gasteiger partial charge in [0.1, 0.15) is 0 Å². The highest BCUT2D eigenvalue weighted by Crippen LogP contribution is 1.96. The van der Waals surface area contributed by atoms with E-state index in [1.807, 2.05) is 19.1 Å². The molecule has 8 heavy (non-hydrogen) atoms. The molecule has 0 atom stereocenters. The van der Waals surface area contributed by atoms with E-state index in [9.17, 15) is 0 Å². The lowest BCUT2D eigenvalue weighted by Gasteiger charge is -1.79. The highest BCUT2D eigenvalue weighted by molar-refractivity contribution is 7.84. The predicted octanol–water partition coefficient (Wildman–Crippen LogP) is 2.79. The maximum atomic E-state index is 4.08. The van der Waals surface area contributed by atoms with Crippen molar-refractivity contribution in [2.75, 3.05) is 0 Å². The molecule has 0 aromatic heterocycles. The Morgan fingerprint density at radius 3 is 2.62 bits per heavy atom. The van der Waals surface area contributed by atoms with E-state index in [2.05, 4.69) is 25.6 Å². The average Bonchev–Trinajstić information content (AvgIpc) is 1.66. The monoisotopic (exact) mass is 128 g/mol. The van der Waals surface area contributed by atoms with Crippen LogP contribution in [0.1, 0.15) is 20.3 Å². The van der Waals surface area contributed by atoms with Gasteiger partial charge in [0.05, 0.1) is 0 Å². The first-order valence-corrected chi connectivity index (χ1v) is 3.24. The Hall–Kier alpha value is -0.170. The molecule has 0 aromatic rings. The summed E-state index contributed by atoms with van der Waals surface area (Å²) in [5, 5.41) is 0. The molecule has 0 aliphatic heterocycles. The molecule has 0 saturated carbocycles. The fourth-order valence-corrected chi connectivity index (χ4v) is 0.429.